The third-order valence-electron chi connectivity index (χ3n) is 3.65. The van der Waals surface area contributed by atoms with Crippen LogP contribution in [0.15, 0.2) is 24.4 Å². The van der Waals surface area contributed by atoms with Crippen LogP contribution in [0.3, 0.4) is 0 Å². The summed E-state index contributed by atoms with van der Waals surface area (Å²) in [5.74, 6) is 0.624. The molecule has 98 valence electrons. The smallest absolute Gasteiger partial charge is 0.223 e. The van der Waals surface area contributed by atoms with Crippen molar-refractivity contribution in [3.8, 4) is 0 Å². The molecule has 0 bridgehead atoms. The summed E-state index contributed by atoms with van der Waals surface area (Å²) in [5.41, 5.74) is 0.884. The van der Waals surface area contributed by atoms with E-state index < -0.39 is 0 Å². The predicted octanol–water partition coefficient (Wildman–Crippen LogP) is 1.50. The summed E-state index contributed by atoms with van der Waals surface area (Å²) in [5, 5.41) is 12.0. The molecule has 0 aliphatic heterocycles. The minimum atomic E-state index is 0.108. The lowest BCUT2D eigenvalue weighted by Gasteiger charge is -2.26. The number of pyridine rings is 1. The van der Waals surface area contributed by atoms with E-state index in [1.165, 1.54) is 0 Å². The fourth-order valence-electron chi connectivity index (χ4n) is 2.43. The number of rotatable bonds is 4. The van der Waals surface area contributed by atoms with Gasteiger partial charge in [0.05, 0.1) is 12.2 Å². The summed E-state index contributed by atoms with van der Waals surface area (Å²) in [6.45, 7) is 0.752. The Labute approximate surface area is 107 Å². The molecule has 18 heavy (non-hydrogen) atoms. The lowest BCUT2D eigenvalue weighted by atomic mass is 9.82. The number of aromatic nitrogens is 1. The van der Waals surface area contributed by atoms with Crippen LogP contribution in [0.4, 0.5) is 0 Å². The Morgan fingerprint density at radius 1 is 1.33 bits per heavy atom. The van der Waals surface area contributed by atoms with Gasteiger partial charge in [0.2, 0.25) is 5.91 Å². The van der Waals surface area contributed by atoms with E-state index in [2.05, 4.69) is 10.3 Å². The number of nitrogens with zero attached hydrogens (tertiary/aromatic N) is 1. The average molecular weight is 248 g/mol. The second-order valence-corrected chi connectivity index (χ2v) is 4.94. The summed E-state index contributed by atoms with van der Waals surface area (Å²) in [7, 11) is 0. The molecular formula is C14H20N2O2. The molecule has 4 heteroatoms. The molecule has 1 aliphatic carbocycles. The normalized spacial score (nSPS) is 23.6. The van der Waals surface area contributed by atoms with Crippen molar-refractivity contribution in [1.82, 2.24) is 10.3 Å². The number of hydrogen-bond donors (Lipinski definition) is 2. The largest absolute Gasteiger partial charge is 0.396 e. The third kappa shape index (κ3) is 3.53. The van der Waals surface area contributed by atoms with Gasteiger partial charge in [-0.1, -0.05) is 6.07 Å². The summed E-state index contributed by atoms with van der Waals surface area (Å²) in [6.07, 6.45) is 5.42. The van der Waals surface area contributed by atoms with Crippen molar-refractivity contribution in [2.24, 2.45) is 11.8 Å². The van der Waals surface area contributed by atoms with Crippen molar-refractivity contribution in [2.75, 3.05) is 6.61 Å². The molecule has 1 amide bonds. The first kappa shape index (κ1) is 13.0. The highest BCUT2D eigenvalue weighted by Crippen LogP contribution is 2.28. The maximum Gasteiger partial charge on any atom is 0.223 e. The van der Waals surface area contributed by atoms with Crippen molar-refractivity contribution in [3.63, 3.8) is 0 Å². The Hall–Kier alpha value is -1.42. The Morgan fingerprint density at radius 3 is 2.72 bits per heavy atom. The van der Waals surface area contributed by atoms with Crippen LogP contribution in [0.2, 0.25) is 0 Å². The molecule has 1 aromatic heterocycles. The van der Waals surface area contributed by atoms with Gasteiger partial charge in [-0.05, 0) is 43.7 Å². The molecule has 2 N–H and O–H groups in total. The summed E-state index contributed by atoms with van der Waals surface area (Å²) >= 11 is 0. The molecule has 0 saturated heterocycles. The van der Waals surface area contributed by atoms with Gasteiger partial charge >= 0.3 is 0 Å². The van der Waals surface area contributed by atoms with Gasteiger partial charge in [-0.15, -0.1) is 0 Å². The number of carbonyl (C=O) groups excluding carboxylic acids is 1. The van der Waals surface area contributed by atoms with E-state index in [4.69, 9.17) is 5.11 Å². The maximum atomic E-state index is 12.0. The molecule has 0 aromatic carbocycles. The van der Waals surface area contributed by atoms with E-state index in [1.54, 1.807) is 6.20 Å². The van der Waals surface area contributed by atoms with Crippen molar-refractivity contribution >= 4 is 5.91 Å². The van der Waals surface area contributed by atoms with Crippen molar-refractivity contribution < 1.29 is 9.90 Å². The molecule has 4 nitrogen and oxygen atoms in total. The van der Waals surface area contributed by atoms with Gasteiger partial charge in [-0.25, -0.2) is 0 Å². The van der Waals surface area contributed by atoms with Crippen molar-refractivity contribution in [1.29, 1.82) is 0 Å². The molecule has 0 spiro atoms. The highest BCUT2D eigenvalue weighted by atomic mass is 16.3. The number of amides is 1. The topological polar surface area (TPSA) is 62.2 Å². The number of aliphatic hydroxyl groups is 1. The number of hydrogen-bond acceptors (Lipinski definition) is 3. The maximum absolute atomic E-state index is 12.0. The highest BCUT2D eigenvalue weighted by Gasteiger charge is 2.25. The second kappa shape index (κ2) is 6.50. The molecule has 1 aromatic rings. The second-order valence-electron chi connectivity index (χ2n) is 4.94. The highest BCUT2D eigenvalue weighted by molar-refractivity contribution is 5.78. The molecule has 1 heterocycles. The molecule has 0 atom stereocenters. The average Bonchev–Trinajstić information content (AvgIpc) is 2.46. The molecule has 0 unspecified atom stereocenters. The van der Waals surface area contributed by atoms with Crippen molar-refractivity contribution in [3.05, 3.63) is 30.1 Å². The molecular weight excluding hydrogens is 228 g/mol. The van der Waals surface area contributed by atoms with Gasteiger partial charge in [0.15, 0.2) is 0 Å². The Kier molecular flexibility index (Phi) is 4.70. The Balaban J connectivity index is 1.75. The monoisotopic (exact) mass is 248 g/mol. The zero-order chi connectivity index (χ0) is 12.8. The van der Waals surface area contributed by atoms with Crippen LogP contribution in [-0.2, 0) is 11.3 Å². The van der Waals surface area contributed by atoms with E-state index in [9.17, 15) is 4.79 Å². The van der Waals surface area contributed by atoms with Gasteiger partial charge in [0.1, 0.15) is 0 Å². The van der Waals surface area contributed by atoms with Crippen LogP contribution in [0.25, 0.3) is 0 Å². The van der Waals surface area contributed by atoms with Gasteiger partial charge in [-0.3, -0.25) is 9.78 Å². The summed E-state index contributed by atoms with van der Waals surface area (Å²) in [6, 6.07) is 5.69. The fourth-order valence-corrected chi connectivity index (χ4v) is 2.43. The molecule has 1 fully saturated rings. The molecule has 1 aliphatic rings. The standard InChI is InChI=1S/C14H20N2O2/c17-10-11-4-6-12(7-5-11)14(18)16-9-13-3-1-2-8-15-13/h1-3,8,11-12,17H,4-7,9-10H2,(H,16,18). The first-order valence-corrected chi connectivity index (χ1v) is 6.58. The minimum Gasteiger partial charge on any atom is -0.396 e. The number of aliphatic hydroxyl groups excluding tert-OH is 1. The minimum absolute atomic E-state index is 0.108. The van der Waals surface area contributed by atoms with Crippen molar-refractivity contribution in [2.45, 2.75) is 32.2 Å². The van der Waals surface area contributed by atoms with Gasteiger partial charge in [-0.2, -0.15) is 0 Å². The van der Waals surface area contributed by atoms with Crippen LogP contribution < -0.4 is 5.32 Å². The van der Waals surface area contributed by atoms with E-state index in [0.717, 1.165) is 31.4 Å². The quantitative estimate of drug-likeness (QED) is 0.848. The predicted molar refractivity (Wildman–Crippen MR) is 68.6 cm³/mol. The zero-order valence-electron chi connectivity index (χ0n) is 10.5. The number of nitrogens with one attached hydrogen (secondary N) is 1. The van der Waals surface area contributed by atoms with Crippen LogP contribution in [-0.4, -0.2) is 22.6 Å². The van der Waals surface area contributed by atoms with E-state index >= 15 is 0 Å². The SMILES string of the molecule is O=C(NCc1ccccn1)C1CCC(CO)CC1. The lowest BCUT2D eigenvalue weighted by molar-refractivity contribution is -0.126. The van der Waals surface area contributed by atoms with Crippen LogP contribution >= 0.6 is 0 Å². The Morgan fingerprint density at radius 2 is 2.11 bits per heavy atom. The van der Waals surface area contributed by atoms with Gasteiger partial charge < -0.3 is 10.4 Å². The van der Waals surface area contributed by atoms with Crippen LogP contribution in [0, 0.1) is 11.8 Å². The number of carbonyl (C=O) groups is 1. The van der Waals surface area contributed by atoms with E-state index in [1.807, 2.05) is 18.2 Å². The van der Waals surface area contributed by atoms with Crippen LogP contribution in [0.1, 0.15) is 31.4 Å². The first-order chi connectivity index (χ1) is 8.79. The Bertz CT molecular complexity index is 373. The van der Waals surface area contributed by atoms with Crippen LogP contribution in [0.5, 0.6) is 0 Å². The summed E-state index contributed by atoms with van der Waals surface area (Å²) < 4.78 is 0. The lowest BCUT2D eigenvalue weighted by Crippen LogP contribution is -2.33. The fraction of sp³-hybridized carbons (Fsp3) is 0.571. The van der Waals surface area contributed by atoms with Gasteiger partial charge in [0, 0.05) is 18.7 Å². The van der Waals surface area contributed by atoms with E-state index in [-0.39, 0.29) is 18.4 Å². The molecule has 1 saturated carbocycles. The first-order valence-electron chi connectivity index (χ1n) is 6.58. The van der Waals surface area contributed by atoms with E-state index in [0.29, 0.717) is 12.5 Å². The zero-order valence-corrected chi connectivity index (χ0v) is 10.5. The summed E-state index contributed by atoms with van der Waals surface area (Å²) in [4.78, 5) is 16.1. The molecule has 2 rings (SSSR count). The third-order valence-corrected chi connectivity index (χ3v) is 3.65. The molecule has 0 radical (unpaired) electrons. The van der Waals surface area contributed by atoms with Gasteiger partial charge in [0.25, 0.3) is 0 Å².